The molecule has 0 fully saturated rings. The van der Waals surface area contributed by atoms with Crippen LogP contribution in [0.3, 0.4) is 0 Å². The summed E-state index contributed by atoms with van der Waals surface area (Å²) in [5.74, 6) is 0.548. The summed E-state index contributed by atoms with van der Waals surface area (Å²) >= 11 is 14.4. The van der Waals surface area contributed by atoms with E-state index < -0.39 is 4.30 Å². The van der Waals surface area contributed by atoms with Gasteiger partial charge in [0.25, 0.3) is 0 Å². The molecule has 3 aliphatic carbocycles. The fraction of sp³-hybridized carbons (Fsp3) is 0.250. The normalized spacial score (nSPS) is 17.7. The maximum atomic E-state index is 11.7. The molecule has 12 heteroatoms. The summed E-state index contributed by atoms with van der Waals surface area (Å²) in [6.07, 6.45) is 3.11. The van der Waals surface area contributed by atoms with Crippen LogP contribution in [0.2, 0.25) is 0 Å². The number of phenolic OH excluding ortho intramolecular Hbond substituents is 4. The first kappa shape index (κ1) is 39.1. The Hall–Kier alpha value is -5.15. The SMILES string of the molecule is ClC(Cl)Cl.Oc1c2cccc1Cc1cc3cc(c1O)Cc1cccc(c1O)Cc1cc(cc(c1O)C2)C[C@H]1CC(=NO1)c1cccc(c1)C1=NO[C@@H](C1)C3.[C-]#[O+]. The summed E-state index contributed by atoms with van der Waals surface area (Å²) in [7, 11) is 0. The minimum atomic E-state index is -0.750. The summed E-state index contributed by atoms with van der Waals surface area (Å²) < 4.78 is 6.75. The second-order valence-electron chi connectivity index (χ2n) is 14.3. The van der Waals surface area contributed by atoms with Crippen molar-refractivity contribution >= 4 is 46.2 Å². The molecule has 10 rings (SSSR count). The van der Waals surface area contributed by atoms with Crippen molar-refractivity contribution < 1.29 is 34.8 Å². The average molecular weight is 812 g/mol. The number of rotatable bonds is 0. The molecule has 5 aliphatic rings. The molecule has 56 heavy (non-hydrogen) atoms. The molecule has 0 unspecified atom stereocenters. The van der Waals surface area contributed by atoms with E-state index in [-0.39, 0.29) is 60.9 Å². The molecule has 0 spiro atoms. The number of phenols is 4. The maximum absolute atomic E-state index is 11.7. The van der Waals surface area contributed by atoms with E-state index in [9.17, 15) is 20.4 Å². The van der Waals surface area contributed by atoms with Crippen LogP contribution in [0.5, 0.6) is 23.0 Å². The number of halogens is 3. The Labute approximate surface area is 339 Å². The van der Waals surface area contributed by atoms with Crippen molar-refractivity contribution in [3.63, 3.8) is 0 Å². The molecule has 0 radical (unpaired) electrons. The van der Waals surface area contributed by atoms with Crippen molar-refractivity contribution in [3.05, 3.63) is 158 Å². The van der Waals surface area contributed by atoms with Gasteiger partial charge in [0.15, 0.2) is 4.30 Å². The number of nitrogens with zero attached hydrogens (tertiary/aromatic N) is 2. The third-order valence-corrected chi connectivity index (χ3v) is 10.5. The molecule has 0 saturated carbocycles. The van der Waals surface area contributed by atoms with Crippen LogP contribution >= 0.6 is 34.8 Å². The van der Waals surface area contributed by atoms with Gasteiger partial charge in [-0.1, -0.05) is 124 Å². The summed E-state index contributed by atoms with van der Waals surface area (Å²) in [5, 5.41) is 55.7. The Morgan fingerprint density at radius 3 is 1.14 bits per heavy atom. The topological polar surface area (TPSA) is 144 Å². The van der Waals surface area contributed by atoms with Gasteiger partial charge in [-0.25, -0.2) is 0 Å². The quantitative estimate of drug-likeness (QED) is 0.0686. The van der Waals surface area contributed by atoms with Crippen LogP contribution in [0, 0.1) is 6.65 Å². The molecule has 0 aromatic heterocycles. The molecule has 2 atom stereocenters. The van der Waals surface area contributed by atoms with E-state index in [1.165, 1.54) is 0 Å². The predicted molar refractivity (Wildman–Crippen MR) is 215 cm³/mol. The second kappa shape index (κ2) is 16.9. The van der Waals surface area contributed by atoms with Gasteiger partial charge in [-0.05, 0) is 61.7 Å². The number of alkyl halides is 3. The van der Waals surface area contributed by atoms with Gasteiger partial charge in [0.2, 0.25) is 0 Å². The first-order chi connectivity index (χ1) is 27.1. The fourth-order valence-electron chi connectivity index (χ4n) is 7.94. The molecule has 2 aliphatic heterocycles. The van der Waals surface area contributed by atoms with E-state index in [1.807, 2.05) is 78.9 Å². The van der Waals surface area contributed by atoms with Crippen molar-refractivity contribution in [2.75, 3.05) is 0 Å². The van der Waals surface area contributed by atoms with Gasteiger partial charge >= 0.3 is 11.3 Å². The molecule has 0 saturated heterocycles. The van der Waals surface area contributed by atoms with Gasteiger partial charge in [-0.2, -0.15) is 0 Å². The molecule has 286 valence electrons. The van der Waals surface area contributed by atoms with E-state index in [1.54, 1.807) is 0 Å². The molecule has 16 bridgehead atoms. The van der Waals surface area contributed by atoms with E-state index in [4.69, 9.17) is 49.1 Å². The number of oxime groups is 2. The van der Waals surface area contributed by atoms with Gasteiger partial charge in [0, 0.05) is 62.5 Å². The van der Waals surface area contributed by atoms with Crippen LogP contribution in [-0.4, -0.2) is 48.4 Å². The molecule has 0 amide bonds. The molecule has 2 heterocycles. The standard InChI is InChI=1S/C42H36N2O6.CHCl3.CO/c45-39-27-6-2-7-28(39)18-32-11-24-13-34(42(32)48)20-30-9-3-8-29(40(30)46)19-33-12-23(10-31(17-27)41(33)47)14-35-21-37(43-49-35)25-4-1-5-26(16-25)38-22-36(15-24)50-44-38;2-1(3)4;1-2/h1-13,16,35-36,45-48H,14-15,17-22H2;1H;/t35-,36+;;. The molecule has 9 nitrogen and oxygen atoms in total. The predicted octanol–water partition coefficient (Wildman–Crippen LogP) is 8.92. The van der Waals surface area contributed by atoms with E-state index in [2.05, 4.69) is 23.0 Å². The van der Waals surface area contributed by atoms with Gasteiger partial charge in [-0.15, -0.1) is 0 Å². The molecular weight excluding hydrogens is 775 g/mol. The van der Waals surface area contributed by atoms with Crippen LogP contribution in [0.25, 0.3) is 0 Å². The Kier molecular flexibility index (Phi) is 11.8. The van der Waals surface area contributed by atoms with Gasteiger partial charge in [-0.3, -0.25) is 0 Å². The number of aromatic hydroxyl groups is 4. The van der Waals surface area contributed by atoms with Crippen LogP contribution < -0.4 is 0 Å². The van der Waals surface area contributed by atoms with Crippen molar-refractivity contribution in [1.82, 2.24) is 0 Å². The van der Waals surface area contributed by atoms with Crippen LogP contribution in [0.15, 0.2) is 95.2 Å². The molecule has 5 aromatic carbocycles. The zero-order valence-electron chi connectivity index (χ0n) is 30.0. The van der Waals surface area contributed by atoms with Crippen molar-refractivity contribution in [1.29, 1.82) is 0 Å². The number of benzene rings is 5. The van der Waals surface area contributed by atoms with Crippen molar-refractivity contribution in [2.45, 2.75) is 67.9 Å². The Morgan fingerprint density at radius 2 is 0.804 bits per heavy atom. The summed E-state index contributed by atoms with van der Waals surface area (Å²) in [5.41, 5.74) is 11.0. The zero-order valence-corrected chi connectivity index (χ0v) is 32.3. The van der Waals surface area contributed by atoms with E-state index in [0.29, 0.717) is 70.2 Å². The second-order valence-corrected chi connectivity index (χ2v) is 16.2. The Balaban J connectivity index is 0.000000755. The monoisotopic (exact) mass is 810 g/mol. The van der Waals surface area contributed by atoms with Crippen LogP contribution in [0.4, 0.5) is 0 Å². The van der Waals surface area contributed by atoms with Gasteiger partial charge in [0.05, 0.1) is 11.4 Å². The number of para-hydroxylation sites is 2. The first-order valence-corrected chi connectivity index (χ1v) is 19.3. The molecular formula is C44H37Cl3N2O7. The van der Waals surface area contributed by atoms with Crippen LogP contribution in [0.1, 0.15) is 79.6 Å². The van der Waals surface area contributed by atoms with Crippen molar-refractivity contribution in [2.24, 2.45) is 10.3 Å². The first-order valence-electron chi connectivity index (χ1n) is 18.0. The molecule has 4 N–H and O–H groups in total. The van der Waals surface area contributed by atoms with Crippen molar-refractivity contribution in [3.8, 4) is 23.0 Å². The minimum absolute atomic E-state index is 0.137. The zero-order chi connectivity index (χ0) is 39.5. The van der Waals surface area contributed by atoms with Gasteiger partial charge < -0.3 is 30.1 Å². The Bertz CT molecular complexity index is 2130. The third-order valence-electron chi connectivity index (χ3n) is 10.5. The number of hydrogen-bond donors (Lipinski definition) is 4. The van der Waals surface area contributed by atoms with E-state index >= 15 is 0 Å². The Morgan fingerprint density at radius 1 is 0.500 bits per heavy atom. The fourth-order valence-corrected chi connectivity index (χ4v) is 7.94. The van der Waals surface area contributed by atoms with Gasteiger partial charge in [0.1, 0.15) is 35.2 Å². The summed E-state index contributed by atoms with van der Waals surface area (Å²) in [6, 6.07) is 27.4. The average Bonchev–Trinajstić information content (AvgIpc) is 3.85. The summed E-state index contributed by atoms with van der Waals surface area (Å²) in [6.45, 7) is 4.50. The number of hydrogen-bond acceptors (Lipinski definition) is 8. The third kappa shape index (κ3) is 8.48. The van der Waals surface area contributed by atoms with Crippen LogP contribution in [-0.2, 0) is 52.9 Å². The molecule has 5 aromatic rings. The summed E-state index contributed by atoms with van der Waals surface area (Å²) in [4.78, 5) is 12.0. The van der Waals surface area contributed by atoms with E-state index in [0.717, 1.165) is 33.7 Å².